The van der Waals surface area contributed by atoms with Gasteiger partial charge in [-0.05, 0) is 48.9 Å². The zero-order chi connectivity index (χ0) is 13.2. The molecule has 1 amide bonds. The van der Waals surface area contributed by atoms with E-state index in [0.717, 1.165) is 44.5 Å². The fourth-order valence-electron chi connectivity index (χ4n) is 3.29. The van der Waals surface area contributed by atoms with Crippen LogP contribution in [0.3, 0.4) is 0 Å². The fourth-order valence-corrected chi connectivity index (χ4v) is 3.29. The first-order valence-electron chi connectivity index (χ1n) is 7.43. The molecule has 0 aliphatic carbocycles. The van der Waals surface area contributed by atoms with Gasteiger partial charge >= 0.3 is 0 Å². The van der Waals surface area contributed by atoms with Crippen LogP contribution >= 0.6 is 0 Å². The third-order valence-corrected chi connectivity index (χ3v) is 4.44. The van der Waals surface area contributed by atoms with Gasteiger partial charge in [0.05, 0.1) is 0 Å². The van der Waals surface area contributed by atoms with E-state index in [2.05, 4.69) is 29.3 Å². The molecule has 1 aromatic rings. The highest BCUT2D eigenvalue weighted by molar-refractivity contribution is 5.94. The second-order valence-electron chi connectivity index (χ2n) is 5.64. The largest absolute Gasteiger partial charge is 0.336 e. The van der Waals surface area contributed by atoms with E-state index >= 15 is 0 Å². The summed E-state index contributed by atoms with van der Waals surface area (Å²) in [4.78, 5) is 14.8. The maximum atomic E-state index is 12.7. The van der Waals surface area contributed by atoms with Gasteiger partial charge in [-0.2, -0.15) is 0 Å². The third-order valence-electron chi connectivity index (χ3n) is 4.44. The number of nitrogens with one attached hydrogen (secondary N) is 1. The lowest BCUT2D eigenvalue weighted by Gasteiger charge is -2.35. The van der Waals surface area contributed by atoms with Gasteiger partial charge in [0.15, 0.2) is 0 Å². The van der Waals surface area contributed by atoms with Gasteiger partial charge in [0, 0.05) is 31.2 Å². The zero-order valence-corrected chi connectivity index (χ0v) is 11.6. The van der Waals surface area contributed by atoms with Crippen LogP contribution in [0.4, 0.5) is 0 Å². The van der Waals surface area contributed by atoms with Crippen molar-refractivity contribution >= 4 is 5.91 Å². The second kappa shape index (κ2) is 5.33. The van der Waals surface area contributed by atoms with E-state index in [9.17, 15) is 4.79 Å². The van der Waals surface area contributed by atoms with E-state index in [0.29, 0.717) is 6.04 Å². The molecule has 1 fully saturated rings. The van der Waals surface area contributed by atoms with Crippen molar-refractivity contribution in [2.45, 2.75) is 51.7 Å². The number of carbonyl (C=O) groups is 1. The number of fused-ring (bicyclic) bond motifs is 1. The van der Waals surface area contributed by atoms with E-state index in [1.165, 1.54) is 17.5 Å². The van der Waals surface area contributed by atoms with E-state index in [1.54, 1.807) is 0 Å². The Bertz CT molecular complexity index is 484. The Morgan fingerprint density at radius 1 is 1.32 bits per heavy atom. The highest BCUT2D eigenvalue weighted by Crippen LogP contribution is 2.23. The molecule has 0 spiro atoms. The number of rotatable bonds is 2. The summed E-state index contributed by atoms with van der Waals surface area (Å²) in [6.07, 6.45) is 4.64. The smallest absolute Gasteiger partial charge is 0.254 e. The van der Waals surface area contributed by atoms with Crippen LogP contribution in [0.25, 0.3) is 0 Å². The molecule has 2 aliphatic rings. The topological polar surface area (TPSA) is 32.3 Å². The quantitative estimate of drug-likeness (QED) is 0.884. The SMILES string of the molecule is CCC1CCCCN1C(=O)c1ccc2c(c1)CNC2. The van der Waals surface area contributed by atoms with Gasteiger partial charge in [0.25, 0.3) is 5.91 Å². The monoisotopic (exact) mass is 258 g/mol. The molecule has 102 valence electrons. The molecule has 0 saturated carbocycles. The number of carbonyl (C=O) groups excluding carboxylic acids is 1. The van der Waals surface area contributed by atoms with E-state index in [-0.39, 0.29) is 5.91 Å². The minimum atomic E-state index is 0.223. The van der Waals surface area contributed by atoms with Crippen molar-refractivity contribution in [1.29, 1.82) is 0 Å². The number of hydrogen-bond acceptors (Lipinski definition) is 2. The maximum absolute atomic E-state index is 12.7. The molecule has 1 unspecified atom stereocenters. The molecule has 1 atom stereocenters. The lowest BCUT2D eigenvalue weighted by atomic mass is 9.98. The molecule has 1 saturated heterocycles. The molecule has 3 heteroatoms. The molecule has 3 nitrogen and oxygen atoms in total. The van der Waals surface area contributed by atoms with Crippen molar-refractivity contribution in [3.05, 3.63) is 34.9 Å². The van der Waals surface area contributed by atoms with E-state index in [4.69, 9.17) is 0 Å². The predicted molar refractivity (Wildman–Crippen MR) is 76.0 cm³/mol. The van der Waals surface area contributed by atoms with Crippen LogP contribution in [0, 0.1) is 0 Å². The summed E-state index contributed by atoms with van der Waals surface area (Å²) in [5.74, 6) is 0.223. The number of piperidine rings is 1. The molecule has 2 heterocycles. The molecular weight excluding hydrogens is 236 g/mol. The van der Waals surface area contributed by atoms with Crippen LogP contribution in [0.5, 0.6) is 0 Å². The fraction of sp³-hybridized carbons (Fsp3) is 0.562. The summed E-state index contributed by atoms with van der Waals surface area (Å²) in [5, 5.41) is 3.33. The minimum Gasteiger partial charge on any atom is -0.336 e. The molecular formula is C16H22N2O. The van der Waals surface area contributed by atoms with Crippen molar-refractivity contribution < 1.29 is 4.79 Å². The molecule has 2 aliphatic heterocycles. The summed E-state index contributed by atoms with van der Waals surface area (Å²) in [6, 6.07) is 6.62. The number of benzene rings is 1. The summed E-state index contributed by atoms with van der Waals surface area (Å²) in [7, 11) is 0. The maximum Gasteiger partial charge on any atom is 0.254 e. The summed E-state index contributed by atoms with van der Waals surface area (Å²) >= 11 is 0. The van der Waals surface area contributed by atoms with Crippen LogP contribution < -0.4 is 5.32 Å². The highest BCUT2D eigenvalue weighted by atomic mass is 16.2. The molecule has 3 rings (SSSR count). The number of hydrogen-bond donors (Lipinski definition) is 1. The summed E-state index contributed by atoms with van der Waals surface area (Å²) < 4.78 is 0. The van der Waals surface area contributed by atoms with Gasteiger partial charge in [-0.25, -0.2) is 0 Å². The molecule has 19 heavy (non-hydrogen) atoms. The zero-order valence-electron chi connectivity index (χ0n) is 11.6. The number of likely N-dealkylation sites (tertiary alicyclic amines) is 1. The molecule has 0 bridgehead atoms. The van der Waals surface area contributed by atoms with Gasteiger partial charge in [-0.1, -0.05) is 13.0 Å². The van der Waals surface area contributed by atoms with Crippen molar-refractivity contribution in [2.24, 2.45) is 0 Å². The predicted octanol–water partition coefficient (Wildman–Crippen LogP) is 2.69. The lowest BCUT2D eigenvalue weighted by Crippen LogP contribution is -2.43. The minimum absolute atomic E-state index is 0.223. The lowest BCUT2D eigenvalue weighted by molar-refractivity contribution is 0.0608. The summed E-state index contributed by atoms with van der Waals surface area (Å²) in [5.41, 5.74) is 3.49. The van der Waals surface area contributed by atoms with Gasteiger partial charge < -0.3 is 10.2 Å². The first kappa shape index (κ1) is 12.7. The summed E-state index contributed by atoms with van der Waals surface area (Å²) in [6.45, 7) is 4.94. The van der Waals surface area contributed by atoms with Crippen molar-refractivity contribution in [2.75, 3.05) is 6.54 Å². The Hall–Kier alpha value is -1.35. The molecule has 1 N–H and O–H groups in total. The second-order valence-corrected chi connectivity index (χ2v) is 5.64. The van der Waals surface area contributed by atoms with Gasteiger partial charge in [-0.15, -0.1) is 0 Å². The van der Waals surface area contributed by atoms with Crippen molar-refractivity contribution in [3.8, 4) is 0 Å². The van der Waals surface area contributed by atoms with E-state index in [1.807, 2.05) is 6.07 Å². The molecule has 1 aromatic carbocycles. The Labute approximate surface area is 115 Å². The van der Waals surface area contributed by atoms with Gasteiger partial charge in [0.1, 0.15) is 0 Å². The number of nitrogens with zero attached hydrogens (tertiary/aromatic N) is 1. The van der Waals surface area contributed by atoms with Crippen LogP contribution in [0.2, 0.25) is 0 Å². The Kier molecular flexibility index (Phi) is 3.56. The highest BCUT2D eigenvalue weighted by Gasteiger charge is 2.26. The van der Waals surface area contributed by atoms with Gasteiger partial charge in [0.2, 0.25) is 0 Å². The first-order chi connectivity index (χ1) is 9.29. The normalized spacial score (nSPS) is 22.4. The van der Waals surface area contributed by atoms with Crippen LogP contribution in [0.1, 0.15) is 54.1 Å². The van der Waals surface area contributed by atoms with Crippen LogP contribution in [0.15, 0.2) is 18.2 Å². The Balaban J connectivity index is 1.82. The standard InChI is InChI=1S/C16H22N2O/c1-2-15-5-3-4-8-18(15)16(19)12-6-7-13-10-17-11-14(13)9-12/h6-7,9,15,17H,2-5,8,10-11H2,1H3. The average Bonchev–Trinajstić information content (AvgIpc) is 2.93. The Morgan fingerprint density at radius 2 is 2.16 bits per heavy atom. The van der Waals surface area contributed by atoms with Crippen LogP contribution in [-0.4, -0.2) is 23.4 Å². The van der Waals surface area contributed by atoms with Crippen LogP contribution in [-0.2, 0) is 13.1 Å². The van der Waals surface area contributed by atoms with Crippen molar-refractivity contribution in [1.82, 2.24) is 10.2 Å². The van der Waals surface area contributed by atoms with Gasteiger partial charge in [-0.3, -0.25) is 4.79 Å². The van der Waals surface area contributed by atoms with Crippen molar-refractivity contribution in [3.63, 3.8) is 0 Å². The molecule has 0 radical (unpaired) electrons. The molecule has 0 aromatic heterocycles. The third kappa shape index (κ3) is 2.39. The Morgan fingerprint density at radius 3 is 3.00 bits per heavy atom. The van der Waals surface area contributed by atoms with E-state index < -0.39 is 0 Å². The first-order valence-corrected chi connectivity index (χ1v) is 7.43. The number of amides is 1. The average molecular weight is 258 g/mol.